The molecule has 2 aliphatic rings. The van der Waals surface area contributed by atoms with E-state index in [0.29, 0.717) is 12.0 Å². The molecule has 2 aliphatic carbocycles. The van der Waals surface area contributed by atoms with Crippen molar-refractivity contribution in [2.45, 2.75) is 51.5 Å². The molecule has 0 amide bonds. The maximum absolute atomic E-state index is 4.70. The number of anilines is 3. The topological polar surface area (TPSA) is 49.8 Å². The van der Waals surface area contributed by atoms with Gasteiger partial charge >= 0.3 is 0 Å². The van der Waals surface area contributed by atoms with Crippen LogP contribution in [0.25, 0.3) is 0 Å². The highest BCUT2D eigenvalue weighted by atomic mass is 15.2. The lowest BCUT2D eigenvalue weighted by molar-refractivity contribution is 0.968. The van der Waals surface area contributed by atoms with E-state index in [9.17, 15) is 0 Å². The fourth-order valence-corrected chi connectivity index (χ4v) is 2.73. The molecule has 1 aromatic heterocycles. The van der Waals surface area contributed by atoms with Gasteiger partial charge in [-0.1, -0.05) is 18.2 Å². The maximum Gasteiger partial charge on any atom is 0.225 e. The standard InChI is InChI=1S/C18H22N4/c1-11-4-3-5-12(2)17(11)21-16-10-15(13-6-7-13)20-18(22-16)19-14-8-9-14/h3-5,10,13-14H,6-9H2,1-2H3,(H2,19,20,21,22). The molecule has 4 heteroatoms. The molecule has 2 N–H and O–H groups in total. The minimum absolute atomic E-state index is 0.572. The first-order chi connectivity index (χ1) is 10.7. The van der Waals surface area contributed by atoms with Crippen LogP contribution in [0.5, 0.6) is 0 Å². The molecular formula is C18H22N4. The van der Waals surface area contributed by atoms with Crippen molar-refractivity contribution in [1.29, 1.82) is 0 Å². The highest BCUT2D eigenvalue weighted by Crippen LogP contribution is 2.40. The zero-order valence-electron chi connectivity index (χ0n) is 13.2. The molecule has 4 rings (SSSR count). The average molecular weight is 294 g/mol. The van der Waals surface area contributed by atoms with E-state index in [4.69, 9.17) is 4.98 Å². The summed E-state index contributed by atoms with van der Waals surface area (Å²) in [7, 11) is 0. The van der Waals surface area contributed by atoms with E-state index in [2.05, 4.69) is 53.7 Å². The third-order valence-corrected chi connectivity index (χ3v) is 4.39. The molecule has 114 valence electrons. The van der Waals surface area contributed by atoms with Crippen LogP contribution in [0.15, 0.2) is 24.3 Å². The number of aromatic nitrogens is 2. The molecule has 0 unspecified atom stereocenters. The summed E-state index contributed by atoms with van der Waals surface area (Å²) in [5.41, 5.74) is 4.80. The molecule has 1 heterocycles. The van der Waals surface area contributed by atoms with Crippen LogP contribution in [0, 0.1) is 13.8 Å². The third kappa shape index (κ3) is 2.91. The van der Waals surface area contributed by atoms with Gasteiger partial charge in [0.15, 0.2) is 0 Å². The van der Waals surface area contributed by atoms with E-state index >= 15 is 0 Å². The number of nitrogens with zero attached hydrogens (tertiary/aromatic N) is 2. The van der Waals surface area contributed by atoms with E-state index in [1.54, 1.807) is 0 Å². The largest absolute Gasteiger partial charge is 0.351 e. The summed E-state index contributed by atoms with van der Waals surface area (Å²) in [6.07, 6.45) is 4.97. The fourth-order valence-electron chi connectivity index (χ4n) is 2.73. The normalized spacial score (nSPS) is 17.4. The first-order valence-electron chi connectivity index (χ1n) is 8.18. The van der Waals surface area contributed by atoms with Crippen LogP contribution in [-0.4, -0.2) is 16.0 Å². The number of hydrogen-bond acceptors (Lipinski definition) is 4. The van der Waals surface area contributed by atoms with E-state index in [1.165, 1.54) is 42.5 Å². The van der Waals surface area contributed by atoms with Gasteiger partial charge in [-0.2, -0.15) is 4.98 Å². The predicted molar refractivity (Wildman–Crippen MR) is 89.9 cm³/mol. The first kappa shape index (κ1) is 13.6. The van der Waals surface area contributed by atoms with Gasteiger partial charge in [0.1, 0.15) is 5.82 Å². The van der Waals surface area contributed by atoms with Crippen LogP contribution >= 0.6 is 0 Å². The molecule has 2 saturated carbocycles. The van der Waals surface area contributed by atoms with Gasteiger partial charge in [-0.05, 0) is 50.7 Å². The highest BCUT2D eigenvalue weighted by Gasteiger charge is 2.28. The molecule has 22 heavy (non-hydrogen) atoms. The number of nitrogens with one attached hydrogen (secondary N) is 2. The Hall–Kier alpha value is -2.10. The van der Waals surface area contributed by atoms with Gasteiger partial charge < -0.3 is 10.6 Å². The van der Waals surface area contributed by atoms with Crippen molar-refractivity contribution < 1.29 is 0 Å². The molecule has 4 nitrogen and oxygen atoms in total. The van der Waals surface area contributed by atoms with Crippen LogP contribution in [0.2, 0.25) is 0 Å². The number of hydrogen-bond donors (Lipinski definition) is 2. The van der Waals surface area contributed by atoms with Crippen molar-refractivity contribution in [3.8, 4) is 0 Å². The Morgan fingerprint density at radius 1 is 1.00 bits per heavy atom. The first-order valence-corrected chi connectivity index (χ1v) is 8.18. The second-order valence-corrected chi connectivity index (χ2v) is 6.59. The lowest BCUT2D eigenvalue weighted by Crippen LogP contribution is -2.09. The molecule has 0 radical (unpaired) electrons. The Morgan fingerprint density at radius 2 is 1.73 bits per heavy atom. The molecule has 0 aliphatic heterocycles. The minimum Gasteiger partial charge on any atom is -0.351 e. The summed E-state index contributed by atoms with van der Waals surface area (Å²) in [5, 5.41) is 6.94. The third-order valence-electron chi connectivity index (χ3n) is 4.39. The van der Waals surface area contributed by atoms with Gasteiger partial charge in [0.25, 0.3) is 0 Å². The second-order valence-electron chi connectivity index (χ2n) is 6.59. The molecule has 1 aromatic carbocycles. The predicted octanol–water partition coefficient (Wildman–Crippen LogP) is 4.29. The summed E-state index contributed by atoms with van der Waals surface area (Å²) >= 11 is 0. The summed E-state index contributed by atoms with van der Waals surface area (Å²) in [6, 6.07) is 9.03. The van der Waals surface area contributed by atoms with Crippen LogP contribution in [0.3, 0.4) is 0 Å². The van der Waals surface area contributed by atoms with Gasteiger partial charge in [-0.25, -0.2) is 4.98 Å². The smallest absolute Gasteiger partial charge is 0.225 e. The molecule has 0 spiro atoms. The van der Waals surface area contributed by atoms with E-state index < -0.39 is 0 Å². The Morgan fingerprint density at radius 3 is 2.36 bits per heavy atom. The molecular weight excluding hydrogens is 272 g/mol. The van der Waals surface area contributed by atoms with E-state index in [1.807, 2.05) is 0 Å². The number of para-hydroxylation sites is 1. The van der Waals surface area contributed by atoms with Crippen LogP contribution < -0.4 is 10.6 Å². The molecule has 0 atom stereocenters. The van der Waals surface area contributed by atoms with Gasteiger partial charge in [0, 0.05) is 23.7 Å². The quantitative estimate of drug-likeness (QED) is 0.863. The van der Waals surface area contributed by atoms with Crippen molar-refractivity contribution in [1.82, 2.24) is 9.97 Å². The zero-order chi connectivity index (χ0) is 15.1. The maximum atomic E-state index is 4.70. The average Bonchev–Trinajstić information content (AvgIpc) is 3.35. The van der Waals surface area contributed by atoms with Gasteiger partial charge in [0.05, 0.1) is 5.69 Å². The highest BCUT2D eigenvalue weighted by molar-refractivity contribution is 5.65. The Bertz CT molecular complexity index is 682. The van der Waals surface area contributed by atoms with Gasteiger partial charge in [-0.15, -0.1) is 0 Å². The molecule has 2 aromatic rings. The lowest BCUT2D eigenvalue weighted by atomic mass is 10.1. The Labute approximate surface area is 131 Å². The van der Waals surface area contributed by atoms with E-state index in [0.717, 1.165) is 17.5 Å². The van der Waals surface area contributed by atoms with Crippen LogP contribution in [0.4, 0.5) is 17.5 Å². The summed E-state index contributed by atoms with van der Waals surface area (Å²) in [4.78, 5) is 9.37. The monoisotopic (exact) mass is 294 g/mol. The number of rotatable bonds is 5. The summed E-state index contributed by atoms with van der Waals surface area (Å²) in [6.45, 7) is 4.25. The van der Waals surface area contributed by atoms with Crippen molar-refractivity contribution in [3.63, 3.8) is 0 Å². The van der Waals surface area contributed by atoms with Crippen LogP contribution in [0.1, 0.15) is 48.4 Å². The molecule has 2 fully saturated rings. The lowest BCUT2D eigenvalue weighted by Gasteiger charge is -2.14. The van der Waals surface area contributed by atoms with Crippen molar-refractivity contribution in [3.05, 3.63) is 41.1 Å². The van der Waals surface area contributed by atoms with Gasteiger partial charge in [-0.3, -0.25) is 0 Å². The van der Waals surface area contributed by atoms with Crippen molar-refractivity contribution >= 4 is 17.5 Å². The van der Waals surface area contributed by atoms with Gasteiger partial charge in [0.2, 0.25) is 5.95 Å². The summed E-state index contributed by atoms with van der Waals surface area (Å²) < 4.78 is 0. The molecule has 0 bridgehead atoms. The Balaban J connectivity index is 1.66. The summed E-state index contributed by atoms with van der Waals surface area (Å²) in [5.74, 6) is 2.30. The second kappa shape index (κ2) is 5.27. The fraction of sp³-hybridized carbons (Fsp3) is 0.444. The zero-order valence-corrected chi connectivity index (χ0v) is 13.2. The Kier molecular flexibility index (Phi) is 3.25. The SMILES string of the molecule is Cc1cccc(C)c1Nc1cc(C2CC2)nc(NC2CC2)n1. The van der Waals surface area contributed by atoms with Crippen LogP contribution in [-0.2, 0) is 0 Å². The minimum atomic E-state index is 0.572. The van der Waals surface area contributed by atoms with E-state index in [-0.39, 0.29) is 0 Å². The number of aryl methyl sites for hydroxylation is 2. The van der Waals surface area contributed by atoms with Crippen molar-refractivity contribution in [2.24, 2.45) is 0 Å². The molecule has 0 saturated heterocycles. The van der Waals surface area contributed by atoms with Crippen molar-refractivity contribution in [2.75, 3.05) is 10.6 Å². The number of benzene rings is 1.